The molecule has 0 spiro atoms. The van der Waals surface area contributed by atoms with Crippen LogP contribution in [0.4, 0.5) is 0 Å². The van der Waals surface area contributed by atoms with Crippen molar-refractivity contribution in [2.45, 2.75) is 52.1 Å². The third-order valence-corrected chi connectivity index (χ3v) is 5.03. The zero-order chi connectivity index (χ0) is 13.8. The van der Waals surface area contributed by atoms with E-state index in [-0.39, 0.29) is 18.0 Å². The number of hydrogen-bond donors (Lipinski definition) is 1. The molecule has 0 radical (unpaired) electrons. The van der Waals surface area contributed by atoms with Crippen molar-refractivity contribution in [1.29, 1.82) is 0 Å². The Morgan fingerprint density at radius 3 is 2.58 bits per heavy atom. The highest BCUT2D eigenvalue weighted by Gasteiger charge is 2.23. The first-order valence-corrected chi connectivity index (χ1v) is 8.06. The predicted molar refractivity (Wildman–Crippen MR) is 80.5 cm³/mol. The van der Waals surface area contributed by atoms with Crippen LogP contribution in [0.2, 0.25) is 0 Å². The average molecular weight is 280 g/mol. The number of amides is 1. The maximum Gasteiger partial charge on any atom is 0.239 e. The van der Waals surface area contributed by atoms with Crippen molar-refractivity contribution < 1.29 is 4.79 Å². The first-order chi connectivity index (χ1) is 9.09. The lowest BCUT2D eigenvalue weighted by molar-refractivity contribution is -0.134. The van der Waals surface area contributed by atoms with Crippen molar-refractivity contribution in [2.24, 2.45) is 0 Å². The molecule has 0 aromatic carbocycles. The monoisotopic (exact) mass is 280 g/mol. The van der Waals surface area contributed by atoms with Gasteiger partial charge in [-0.15, -0.1) is 11.3 Å². The summed E-state index contributed by atoms with van der Waals surface area (Å²) in [6.07, 6.45) is 3.56. The SMILES string of the molecule is Cc1ccsc1C(C)NC(C)C(=O)N1CCCCC1. The number of nitrogens with one attached hydrogen (secondary N) is 1. The topological polar surface area (TPSA) is 32.3 Å². The number of rotatable bonds is 4. The van der Waals surface area contributed by atoms with Crippen LogP contribution in [-0.4, -0.2) is 29.9 Å². The zero-order valence-electron chi connectivity index (χ0n) is 12.1. The van der Waals surface area contributed by atoms with Gasteiger partial charge in [-0.3, -0.25) is 10.1 Å². The molecule has 1 aromatic rings. The number of piperidine rings is 1. The van der Waals surface area contributed by atoms with E-state index in [1.165, 1.54) is 16.9 Å². The molecule has 0 saturated carbocycles. The average Bonchev–Trinajstić information content (AvgIpc) is 2.85. The van der Waals surface area contributed by atoms with E-state index in [0.717, 1.165) is 25.9 Å². The van der Waals surface area contributed by atoms with Crippen LogP contribution in [0.1, 0.15) is 49.6 Å². The molecule has 1 saturated heterocycles. The summed E-state index contributed by atoms with van der Waals surface area (Å²) < 4.78 is 0. The molecule has 4 heteroatoms. The molecule has 1 fully saturated rings. The Hall–Kier alpha value is -0.870. The molecule has 1 aliphatic heterocycles. The van der Waals surface area contributed by atoms with Crippen LogP contribution in [0.25, 0.3) is 0 Å². The number of aryl methyl sites for hydroxylation is 1. The van der Waals surface area contributed by atoms with Gasteiger partial charge in [0.15, 0.2) is 0 Å². The maximum absolute atomic E-state index is 12.4. The second kappa shape index (κ2) is 6.53. The third kappa shape index (κ3) is 3.57. The summed E-state index contributed by atoms with van der Waals surface area (Å²) in [5.74, 6) is 0.251. The maximum atomic E-state index is 12.4. The molecule has 2 unspecified atom stereocenters. The summed E-state index contributed by atoms with van der Waals surface area (Å²) >= 11 is 1.76. The lowest BCUT2D eigenvalue weighted by atomic mass is 10.1. The van der Waals surface area contributed by atoms with Crippen LogP contribution in [-0.2, 0) is 4.79 Å². The van der Waals surface area contributed by atoms with Gasteiger partial charge < -0.3 is 4.90 Å². The standard InChI is InChI=1S/C15H24N2OS/c1-11-7-10-19-14(11)12(2)16-13(3)15(18)17-8-5-4-6-9-17/h7,10,12-13,16H,4-6,8-9H2,1-3H3. The van der Waals surface area contributed by atoms with E-state index < -0.39 is 0 Å². The van der Waals surface area contributed by atoms with Crippen molar-refractivity contribution in [3.63, 3.8) is 0 Å². The van der Waals surface area contributed by atoms with Crippen molar-refractivity contribution in [3.8, 4) is 0 Å². The number of nitrogens with zero attached hydrogens (tertiary/aromatic N) is 1. The van der Waals surface area contributed by atoms with Gasteiger partial charge in [0.25, 0.3) is 0 Å². The predicted octanol–water partition coefficient (Wildman–Crippen LogP) is 3.11. The molecule has 0 bridgehead atoms. The minimum atomic E-state index is -0.102. The Balaban J connectivity index is 1.91. The Bertz CT molecular complexity index is 424. The van der Waals surface area contributed by atoms with Gasteiger partial charge in [-0.1, -0.05) is 0 Å². The van der Waals surface area contributed by atoms with Crippen molar-refractivity contribution in [1.82, 2.24) is 10.2 Å². The number of likely N-dealkylation sites (tertiary alicyclic amines) is 1. The molecular weight excluding hydrogens is 256 g/mol. The van der Waals surface area contributed by atoms with E-state index in [1.54, 1.807) is 11.3 Å². The van der Waals surface area contributed by atoms with Gasteiger partial charge in [-0.25, -0.2) is 0 Å². The van der Waals surface area contributed by atoms with E-state index in [4.69, 9.17) is 0 Å². The van der Waals surface area contributed by atoms with Gasteiger partial charge in [-0.2, -0.15) is 0 Å². The van der Waals surface area contributed by atoms with E-state index in [2.05, 4.69) is 30.6 Å². The number of hydrogen-bond acceptors (Lipinski definition) is 3. The summed E-state index contributed by atoms with van der Waals surface area (Å²) in [7, 11) is 0. The molecule has 2 rings (SSSR count). The molecule has 3 nitrogen and oxygen atoms in total. The molecule has 1 amide bonds. The van der Waals surface area contributed by atoms with Crippen molar-refractivity contribution in [2.75, 3.05) is 13.1 Å². The largest absolute Gasteiger partial charge is 0.341 e. The van der Waals surface area contributed by atoms with Gasteiger partial charge >= 0.3 is 0 Å². The number of carbonyl (C=O) groups is 1. The first-order valence-electron chi connectivity index (χ1n) is 7.18. The molecule has 1 N–H and O–H groups in total. The summed E-state index contributed by atoms with van der Waals surface area (Å²) in [6.45, 7) is 8.10. The van der Waals surface area contributed by atoms with Crippen LogP contribution < -0.4 is 5.32 Å². The van der Waals surface area contributed by atoms with E-state index in [1.807, 2.05) is 11.8 Å². The first kappa shape index (κ1) is 14.5. The molecule has 19 heavy (non-hydrogen) atoms. The second-order valence-electron chi connectivity index (χ2n) is 5.46. The third-order valence-electron chi connectivity index (χ3n) is 3.83. The number of carbonyl (C=O) groups excluding carboxylic acids is 1. The van der Waals surface area contributed by atoms with Crippen LogP contribution >= 0.6 is 11.3 Å². The summed E-state index contributed by atoms with van der Waals surface area (Å²) in [5, 5.41) is 5.55. The minimum absolute atomic E-state index is 0.102. The van der Waals surface area contributed by atoms with E-state index in [0.29, 0.717) is 0 Å². The van der Waals surface area contributed by atoms with Crippen LogP contribution in [0.15, 0.2) is 11.4 Å². The Morgan fingerprint density at radius 2 is 2.00 bits per heavy atom. The summed E-state index contributed by atoms with van der Waals surface area (Å²) in [6, 6.07) is 2.27. The fourth-order valence-corrected chi connectivity index (χ4v) is 3.68. The molecule has 1 aliphatic rings. The molecule has 106 valence electrons. The van der Waals surface area contributed by atoms with Gasteiger partial charge in [0.05, 0.1) is 6.04 Å². The quantitative estimate of drug-likeness (QED) is 0.919. The van der Waals surface area contributed by atoms with Crippen molar-refractivity contribution >= 4 is 17.2 Å². The van der Waals surface area contributed by atoms with Crippen LogP contribution in [0.3, 0.4) is 0 Å². The lowest BCUT2D eigenvalue weighted by Crippen LogP contribution is -2.47. The van der Waals surface area contributed by atoms with Gasteiger partial charge in [-0.05, 0) is 57.0 Å². The highest BCUT2D eigenvalue weighted by molar-refractivity contribution is 7.10. The molecule has 2 atom stereocenters. The zero-order valence-corrected chi connectivity index (χ0v) is 12.9. The molecular formula is C15H24N2OS. The number of thiophene rings is 1. The van der Waals surface area contributed by atoms with Gasteiger partial charge in [0.1, 0.15) is 0 Å². The normalized spacial score (nSPS) is 19.2. The summed E-state index contributed by atoms with van der Waals surface area (Å²) in [5.41, 5.74) is 1.31. The van der Waals surface area contributed by atoms with Gasteiger partial charge in [0, 0.05) is 24.0 Å². The Kier molecular flexibility index (Phi) is 4.99. The fourth-order valence-electron chi connectivity index (χ4n) is 2.74. The van der Waals surface area contributed by atoms with Gasteiger partial charge in [0.2, 0.25) is 5.91 Å². The van der Waals surface area contributed by atoms with E-state index >= 15 is 0 Å². The lowest BCUT2D eigenvalue weighted by Gasteiger charge is -2.30. The van der Waals surface area contributed by atoms with Crippen molar-refractivity contribution in [3.05, 3.63) is 21.9 Å². The molecule has 1 aromatic heterocycles. The Morgan fingerprint density at radius 1 is 1.32 bits per heavy atom. The highest BCUT2D eigenvalue weighted by Crippen LogP contribution is 2.24. The van der Waals surface area contributed by atoms with Crippen LogP contribution in [0, 0.1) is 6.92 Å². The Labute approximate surface area is 120 Å². The smallest absolute Gasteiger partial charge is 0.239 e. The molecule has 0 aliphatic carbocycles. The summed E-state index contributed by atoms with van der Waals surface area (Å²) in [4.78, 5) is 15.7. The van der Waals surface area contributed by atoms with Crippen LogP contribution in [0.5, 0.6) is 0 Å². The fraction of sp³-hybridized carbons (Fsp3) is 0.667. The van der Waals surface area contributed by atoms with E-state index in [9.17, 15) is 4.79 Å². The molecule has 2 heterocycles. The highest BCUT2D eigenvalue weighted by atomic mass is 32.1. The minimum Gasteiger partial charge on any atom is -0.341 e. The second-order valence-corrected chi connectivity index (χ2v) is 6.41.